The van der Waals surface area contributed by atoms with Crippen molar-refractivity contribution in [3.63, 3.8) is 0 Å². The first-order valence-corrected chi connectivity index (χ1v) is 10.1. The van der Waals surface area contributed by atoms with Gasteiger partial charge in [0.1, 0.15) is 35.4 Å². The number of carbonyl (C=O) groups excluding carboxylic acids is 1. The van der Waals surface area contributed by atoms with Crippen molar-refractivity contribution in [3.8, 4) is 17.5 Å². The lowest BCUT2D eigenvalue weighted by molar-refractivity contribution is 0.0525. The van der Waals surface area contributed by atoms with Gasteiger partial charge in [-0.1, -0.05) is 6.07 Å². The Morgan fingerprint density at radius 3 is 2.75 bits per heavy atom. The number of nitrogens with zero attached hydrogens (tertiary/aromatic N) is 5. The van der Waals surface area contributed by atoms with Gasteiger partial charge in [0.15, 0.2) is 5.69 Å². The van der Waals surface area contributed by atoms with Crippen molar-refractivity contribution in [2.45, 2.75) is 32.8 Å². The summed E-state index contributed by atoms with van der Waals surface area (Å²) in [5.41, 5.74) is 0.610. The van der Waals surface area contributed by atoms with Gasteiger partial charge in [0, 0.05) is 12.6 Å². The maximum atomic E-state index is 11.6. The number of alkyl carbamates (subject to hydrolysis) is 1. The summed E-state index contributed by atoms with van der Waals surface area (Å²) in [4.78, 5) is 24.0. The van der Waals surface area contributed by atoms with Gasteiger partial charge < -0.3 is 24.7 Å². The lowest BCUT2D eigenvalue weighted by Crippen LogP contribution is -2.33. The third kappa shape index (κ3) is 6.98. The summed E-state index contributed by atoms with van der Waals surface area (Å²) in [6.07, 6.45) is 6.56. The van der Waals surface area contributed by atoms with Gasteiger partial charge in [-0.05, 0) is 39.3 Å². The van der Waals surface area contributed by atoms with Crippen molar-refractivity contribution in [3.05, 3.63) is 54.9 Å². The molecule has 0 bridgehead atoms. The minimum absolute atomic E-state index is 0.249. The fourth-order valence-electron chi connectivity index (χ4n) is 2.61. The number of ether oxygens (including phenoxy) is 2. The molecule has 0 fully saturated rings. The predicted molar refractivity (Wildman–Crippen MR) is 118 cm³/mol. The number of amides is 1. The van der Waals surface area contributed by atoms with Crippen molar-refractivity contribution in [1.82, 2.24) is 24.8 Å². The molecule has 32 heavy (non-hydrogen) atoms. The molecule has 0 aliphatic carbocycles. The highest BCUT2D eigenvalue weighted by atomic mass is 16.6. The molecule has 10 heteroatoms. The SMILES string of the molecule is CC(C)(C)OC(=O)NCCCOc1cccc(-n2cnc(Nc3cnc(C#N)cn3)c2)c1. The van der Waals surface area contributed by atoms with E-state index in [-0.39, 0.29) is 5.69 Å². The van der Waals surface area contributed by atoms with Crippen LogP contribution >= 0.6 is 0 Å². The summed E-state index contributed by atoms with van der Waals surface area (Å²) < 4.78 is 12.8. The summed E-state index contributed by atoms with van der Waals surface area (Å²) >= 11 is 0. The molecule has 166 valence electrons. The monoisotopic (exact) mass is 435 g/mol. The van der Waals surface area contributed by atoms with Crippen LogP contribution in [0.4, 0.5) is 16.4 Å². The molecule has 1 aromatic carbocycles. The average Bonchev–Trinajstić information content (AvgIpc) is 3.21. The Morgan fingerprint density at radius 2 is 2.03 bits per heavy atom. The second-order valence-corrected chi connectivity index (χ2v) is 7.82. The number of benzene rings is 1. The Hall–Kier alpha value is -4.13. The molecule has 0 unspecified atom stereocenters. The first kappa shape index (κ1) is 22.6. The summed E-state index contributed by atoms with van der Waals surface area (Å²) in [6.45, 7) is 6.38. The summed E-state index contributed by atoms with van der Waals surface area (Å²) in [5.74, 6) is 1.79. The van der Waals surface area contributed by atoms with Crippen molar-refractivity contribution in [2.24, 2.45) is 0 Å². The Labute approximate surface area is 186 Å². The van der Waals surface area contributed by atoms with E-state index >= 15 is 0 Å². The molecule has 0 saturated heterocycles. The van der Waals surface area contributed by atoms with Gasteiger partial charge in [0.25, 0.3) is 0 Å². The standard InChI is InChI=1S/C22H25N7O3/c1-22(2,3)32-21(30)24-8-5-9-31-18-7-4-6-17(10-18)29-14-20(27-15-29)28-19-13-25-16(11-23)12-26-19/h4,6-7,10,12-15H,5,8-9H2,1-3H3,(H,24,30)(H,26,28). The zero-order chi connectivity index (χ0) is 23.0. The molecule has 0 atom stereocenters. The van der Waals surface area contributed by atoms with E-state index < -0.39 is 11.7 Å². The highest BCUT2D eigenvalue weighted by molar-refractivity contribution is 5.67. The van der Waals surface area contributed by atoms with E-state index in [2.05, 4.69) is 25.6 Å². The van der Waals surface area contributed by atoms with Gasteiger partial charge in [-0.15, -0.1) is 0 Å². The molecule has 3 rings (SSSR count). The maximum Gasteiger partial charge on any atom is 0.407 e. The number of imidazole rings is 1. The van der Waals surface area contributed by atoms with Crippen LogP contribution < -0.4 is 15.4 Å². The highest BCUT2D eigenvalue weighted by Crippen LogP contribution is 2.19. The number of hydrogen-bond acceptors (Lipinski definition) is 8. The third-order valence-electron chi connectivity index (χ3n) is 3.98. The Bertz CT molecular complexity index is 1080. The molecule has 10 nitrogen and oxygen atoms in total. The summed E-state index contributed by atoms with van der Waals surface area (Å²) in [6, 6.07) is 9.52. The van der Waals surface area contributed by atoms with E-state index in [4.69, 9.17) is 14.7 Å². The predicted octanol–water partition coefficient (Wildman–Crippen LogP) is 3.57. The molecule has 0 spiro atoms. The van der Waals surface area contributed by atoms with Crippen molar-refractivity contribution >= 4 is 17.7 Å². The molecule has 0 saturated carbocycles. The van der Waals surface area contributed by atoms with Crippen LogP contribution in [0.25, 0.3) is 5.69 Å². The number of anilines is 2. The van der Waals surface area contributed by atoms with Crippen LogP contribution in [0.1, 0.15) is 32.9 Å². The van der Waals surface area contributed by atoms with Crippen LogP contribution in [0.2, 0.25) is 0 Å². The van der Waals surface area contributed by atoms with Gasteiger partial charge >= 0.3 is 6.09 Å². The topological polar surface area (TPSA) is 127 Å². The van der Waals surface area contributed by atoms with E-state index in [0.29, 0.717) is 37.0 Å². The van der Waals surface area contributed by atoms with Crippen LogP contribution in [0.5, 0.6) is 5.75 Å². The van der Waals surface area contributed by atoms with Gasteiger partial charge in [-0.3, -0.25) is 0 Å². The third-order valence-corrected chi connectivity index (χ3v) is 3.98. The van der Waals surface area contributed by atoms with Crippen LogP contribution in [0.15, 0.2) is 49.2 Å². The second-order valence-electron chi connectivity index (χ2n) is 7.82. The minimum atomic E-state index is -0.515. The zero-order valence-electron chi connectivity index (χ0n) is 18.2. The molecular formula is C22H25N7O3. The second kappa shape index (κ2) is 10.3. The van der Waals surface area contributed by atoms with E-state index in [9.17, 15) is 4.79 Å². The number of rotatable bonds is 8. The van der Waals surface area contributed by atoms with Crippen molar-refractivity contribution < 1.29 is 14.3 Å². The lowest BCUT2D eigenvalue weighted by Gasteiger charge is -2.19. The lowest BCUT2D eigenvalue weighted by atomic mass is 10.2. The molecular weight excluding hydrogens is 410 g/mol. The van der Waals surface area contributed by atoms with Gasteiger partial charge in [0.05, 0.1) is 30.9 Å². The number of hydrogen-bond donors (Lipinski definition) is 2. The van der Waals surface area contributed by atoms with Gasteiger partial charge in [-0.25, -0.2) is 19.7 Å². The molecule has 0 aliphatic heterocycles. The highest BCUT2D eigenvalue weighted by Gasteiger charge is 2.15. The fraction of sp³-hybridized carbons (Fsp3) is 0.318. The molecule has 1 amide bonds. The van der Waals surface area contributed by atoms with Crippen LogP contribution in [0, 0.1) is 11.3 Å². The Balaban J connectivity index is 1.49. The average molecular weight is 435 g/mol. The number of carbonyl (C=O) groups is 1. The summed E-state index contributed by atoms with van der Waals surface area (Å²) in [7, 11) is 0. The maximum absolute atomic E-state index is 11.6. The molecule has 0 radical (unpaired) electrons. The van der Waals surface area contributed by atoms with E-state index in [0.717, 1.165) is 5.69 Å². The first-order chi connectivity index (χ1) is 15.3. The molecule has 2 aromatic heterocycles. The van der Waals surface area contributed by atoms with Crippen LogP contribution in [-0.4, -0.2) is 44.4 Å². The largest absolute Gasteiger partial charge is 0.493 e. The van der Waals surface area contributed by atoms with Gasteiger partial charge in [-0.2, -0.15) is 5.26 Å². The normalized spacial score (nSPS) is 10.8. The minimum Gasteiger partial charge on any atom is -0.493 e. The van der Waals surface area contributed by atoms with Crippen LogP contribution in [-0.2, 0) is 4.74 Å². The molecule has 0 aliphatic rings. The van der Waals surface area contributed by atoms with Crippen LogP contribution in [0.3, 0.4) is 0 Å². The van der Waals surface area contributed by atoms with E-state index in [1.54, 1.807) is 6.33 Å². The fourth-order valence-corrected chi connectivity index (χ4v) is 2.61. The van der Waals surface area contributed by atoms with Crippen molar-refractivity contribution in [2.75, 3.05) is 18.5 Å². The smallest absolute Gasteiger partial charge is 0.407 e. The van der Waals surface area contributed by atoms with Gasteiger partial charge in [0.2, 0.25) is 0 Å². The van der Waals surface area contributed by atoms with Crippen molar-refractivity contribution in [1.29, 1.82) is 5.26 Å². The number of nitriles is 1. The first-order valence-electron chi connectivity index (χ1n) is 10.1. The zero-order valence-corrected chi connectivity index (χ0v) is 18.2. The number of aromatic nitrogens is 4. The van der Waals surface area contributed by atoms with E-state index in [1.807, 2.05) is 61.9 Å². The quantitative estimate of drug-likeness (QED) is 0.514. The summed E-state index contributed by atoms with van der Waals surface area (Å²) in [5, 5.41) is 14.5. The number of nitrogens with one attached hydrogen (secondary N) is 2. The van der Waals surface area contributed by atoms with E-state index in [1.165, 1.54) is 12.4 Å². The Morgan fingerprint density at radius 1 is 1.19 bits per heavy atom. The molecule has 2 N–H and O–H groups in total. The Kier molecular flexibility index (Phi) is 7.23. The molecule has 2 heterocycles. The molecule has 3 aromatic rings.